The first kappa shape index (κ1) is 12.4. The van der Waals surface area contributed by atoms with Gasteiger partial charge in [0.05, 0.1) is 6.61 Å². The van der Waals surface area contributed by atoms with Crippen LogP contribution >= 0.6 is 11.8 Å². The monoisotopic (exact) mass is 226 g/mol. The maximum atomic E-state index is 10.6. The van der Waals surface area contributed by atoms with Crippen LogP contribution in [0.1, 0.15) is 34.1 Å². The molecule has 0 aliphatic carbocycles. The molecule has 0 spiro atoms. The number of thioether (sulfide) groups is 1. The predicted octanol–water partition coefficient (Wildman–Crippen LogP) is 3.30. The van der Waals surface area contributed by atoms with Crippen molar-refractivity contribution in [3.63, 3.8) is 0 Å². The van der Waals surface area contributed by atoms with Crippen molar-refractivity contribution in [2.75, 3.05) is 6.61 Å². The molecule has 1 atom stereocenters. The van der Waals surface area contributed by atoms with Gasteiger partial charge in [0, 0.05) is 16.6 Å². The van der Waals surface area contributed by atoms with Gasteiger partial charge in [-0.05, 0) is 27.2 Å². The van der Waals surface area contributed by atoms with Crippen molar-refractivity contribution < 1.29 is 9.53 Å². The maximum absolute atomic E-state index is 10.6. The van der Waals surface area contributed by atoms with Gasteiger partial charge in [0.1, 0.15) is 0 Å². The summed E-state index contributed by atoms with van der Waals surface area (Å²) in [6, 6.07) is 0. The Morgan fingerprint density at radius 2 is 2.13 bits per heavy atom. The molecule has 0 aromatic heterocycles. The summed E-state index contributed by atoms with van der Waals surface area (Å²) in [5.41, 5.74) is 1.34. The van der Waals surface area contributed by atoms with E-state index in [1.165, 1.54) is 17.4 Å². The third kappa shape index (κ3) is 3.74. The van der Waals surface area contributed by atoms with Crippen LogP contribution in [0.2, 0.25) is 0 Å². The number of allylic oxidation sites excluding steroid dienone is 2. The van der Waals surface area contributed by atoms with Crippen LogP contribution < -0.4 is 0 Å². The second-order valence-corrected chi connectivity index (χ2v) is 5.78. The van der Waals surface area contributed by atoms with Crippen LogP contribution in [0.15, 0.2) is 22.6 Å². The Kier molecular flexibility index (Phi) is 4.03. The zero-order valence-electron chi connectivity index (χ0n) is 9.79. The molecule has 0 aromatic rings. The van der Waals surface area contributed by atoms with E-state index in [0.29, 0.717) is 6.61 Å². The van der Waals surface area contributed by atoms with Crippen molar-refractivity contribution in [3.8, 4) is 0 Å². The van der Waals surface area contributed by atoms with E-state index in [0.717, 1.165) is 6.42 Å². The van der Waals surface area contributed by atoms with Crippen molar-refractivity contribution in [2.24, 2.45) is 0 Å². The summed E-state index contributed by atoms with van der Waals surface area (Å²) in [4.78, 5) is 12.0. The lowest BCUT2D eigenvalue weighted by Gasteiger charge is -2.20. The summed E-state index contributed by atoms with van der Waals surface area (Å²) >= 11 is 1.85. The third-order valence-electron chi connectivity index (χ3n) is 2.33. The second-order valence-electron chi connectivity index (χ2n) is 4.20. The van der Waals surface area contributed by atoms with Gasteiger partial charge >= 0.3 is 5.97 Å². The molecular formula is C12H18O2S. The van der Waals surface area contributed by atoms with E-state index in [4.69, 9.17) is 4.74 Å². The molecule has 2 nitrogen and oxygen atoms in total. The van der Waals surface area contributed by atoms with Gasteiger partial charge < -0.3 is 4.74 Å². The average molecular weight is 226 g/mol. The number of carbonyl (C=O) groups excluding carboxylic acids is 1. The Hall–Kier alpha value is -0.700. The molecule has 1 rings (SSSR count). The smallest absolute Gasteiger partial charge is 0.302 e. The fourth-order valence-corrected chi connectivity index (χ4v) is 2.54. The molecule has 3 heteroatoms. The molecule has 0 radical (unpaired) electrons. The van der Waals surface area contributed by atoms with Gasteiger partial charge in [0.15, 0.2) is 0 Å². The molecule has 1 unspecified atom stereocenters. The molecule has 0 amide bonds. The van der Waals surface area contributed by atoms with Crippen molar-refractivity contribution >= 4 is 17.7 Å². The van der Waals surface area contributed by atoms with Crippen LogP contribution in [-0.2, 0) is 9.53 Å². The minimum atomic E-state index is -0.201. The number of ether oxygens (including phenoxy) is 1. The third-order valence-corrected chi connectivity index (χ3v) is 3.90. The fourth-order valence-electron chi connectivity index (χ4n) is 1.37. The molecule has 1 aliphatic heterocycles. The van der Waals surface area contributed by atoms with E-state index in [-0.39, 0.29) is 10.7 Å². The highest BCUT2D eigenvalue weighted by atomic mass is 32.2. The van der Waals surface area contributed by atoms with Gasteiger partial charge in [-0.2, -0.15) is 0 Å². The van der Waals surface area contributed by atoms with Gasteiger partial charge in [-0.1, -0.05) is 17.7 Å². The Labute approximate surface area is 95.8 Å². The Morgan fingerprint density at radius 1 is 1.47 bits per heavy atom. The van der Waals surface area contributed by atoms with Crippen molar-refractivity contribution in [2.45, 2.75) is 38.9 Å². The molecule has 1 aliphatic rings. The van der Waals surface area contributed by atoms with Crippen LogP contribution in [0, 0.1) is 0 Å². The molecular weight excluding hydrogens is 208 g/mol. The molecule has 0 aromatic carbocycles. The molecule has 0 saturated heterocycles. The number of carbonyl (C=O) groups is 1. The molecule has 0 saturated carbocycles. The van der Waals surface area contributed by atoms with Crippen LogP contribution in [0.25, 0.3) is 0 Å². The van der Waals surface area contributed by atoms with Crippen LogP contribution in [0.4, 0.5) is 0 Å². The number of hydrogen-bond acceptors (Lipinski definition) is 3. The zero-order valence-corrected chi connectivity index (χ0v) is 10.6. The van der Waals surface area contributed by atoms with Crippen molar-refractivity contribution in [1.29, 1.82) is 0 Å². The van der Waals surface area contributed by atoms with E-state index < -0.39 is 0 Å². The summed E-state index contributed by atoms with van der Waals surface area (Å²) < 4.78 is 5.05. The van der Waals surface area contributed by atoms with E-state index in [1.807, 2.05) is 11.8 Å². The SMILES string of the molecule is CC(=O)OCCC1(C)C=CC(=C(C)C)S1. The molecule has 1 heterocycles. The summed E-state index contributed by atoms with van der Waals surface area (Å²) in [6.07, 6.45) is 5.22. The molecule has 15 heavy (non-hydrogen) atoms. The topological polar surface area (TPSA) is 26.3 Å². The molecule has 0 N–H and O–H groups in total. The number of hydrogen-bond donors (Lipinski definition) is 0. The van der Waals surface area contributed by atoms with Crippen LogP contribution in [0.5, 0.6) is 0 Å². The second kappa shape index (κ2) is 4.88. The molecule has 0 fully saturated rings. The summed E-state index contributed by atoms with van der Waals surface area (Å²) in [6.45, 7) is 8.35. The lowest BCUT2D eigenvalue weighted by molar-refractivity contribution is -0.141. The zero-order chi connectivity index (χ0) is 11.5. The van der Waals surface area contributed by atoms with Gasteiger partial charge in [0.2, 0.25) is 0 Å². The lowest BCUT2D eigenvalue weighted by atomic mass is 10.1. The standard InChI is InChI=1S/C12H18O2S/c1-9(2)11-5-6-12(4,15-11)7-8-14-10(3)13/h5-6H,7-8H2,1-4H3. The maximum Gasteiger partial charge on any atom is 0.302 e. The van der Waals surface area contributed by atoms with E-state index >= 15 is 0 Å². The molecule has 84 valence electrons. The van der Waals surface area contributed by atoms with Gasteiger partial charge in [-0.25, -0.2) is 0 Å². The first-order valence-corrected chi connectivity index (χ1v) is 5.94. The van der Waals surface area contributed by atoms with Crippen LogP contribution in [0.3, 0.4) is 0 Å². The number of esters is 1. The first-order chi connectivity index (χ1) is 6.93. The van der Waals surface area contributed by atoms with Gasteiger partial charge in [-0.3, -0.25) is 4.79 Å². The summed E-state index contributed by atoms with van der Waals surface area (Å²) in [5.74, 6) is -0.201. The minimum absolute atomic E-state index is 0.0854. The molecule has 0 bridgehead atoms. The van der Waals surface area contributed by atoms with Crippen LogP contribution in [-0.4, -0.2) is 17.3 Å². The minimum Gasteiger partial charge on any atom is -0.466 e. The first-order valence-electron chi connectivity index (χ1n) is 5.12. The average Bonchev–Trinajstić information content (AvgIpc) is 2.47. The quantitative estimate of drug-likeness (QED) is 0.691. The van der Waals surface area contributed by atoms with Gasteiger partial charge in [-0.15, -0.1) is 11.8 Å². The normalized spacial score (nSPS) is 24.4. The highest BCUT2D eigenvalue weighted by Gasteiger charge is 2.28. The van der Waals surface area contributed by atoms with Crippen molar-refractivity contribution in [3.05, 3.63) is 22.6 Å². The van der Waals surface area contributed by atoms with Crippen molar-refractivity contribution in [1.82, 2.24) is 0 Å². The Morgan fingerprint density at radius 3 is 2.60 bits per heavy atom. The summed E-state index contributed by atoms with van der Waals surface area (Å²) in [5, 5.41) is 0. The fraction of sp³-hybridized carbons (Fsp3) is 0.583. The van der Waals surface area contributed by atoms with E-state index in [2.05, 4.69) is 32.9 Å². The predicted molar refractivity (Wildman–Crippen MR) is 64.8 cm³/mol. The lowest BCUT2D eigenvalue weighted by Crippen LogP contribution is -2.17. The van der Waals surface area contributed by atoms with E-state index in [9.17, 15) is 4.79 Å². The Bertz CT molecular complexity index is 314. The number of rotatable bonds is 3. The highest BCUT2D eigenvalue weighted by Crippen LogP contribution is 2.43. The highest BCUT2D eigenvalue weighted by molar-refractivity contribution is 8.05. The Balaban J connectivity index is 2.47. The van der Waals surface area contributed by atoms with E-state index in [1.54, 1.807) is 0 Å². The summed E-state index contributed by atoms with van der Waals surface area (Å²) in [7, 11) is 0. The van der Waals surface area contributed by atoms with Gasteiger partial charge in [0.25, 0.3) is 0 Å². The largest absolute Gasteiger partial charge is 0.466 e.